The van der Waals surface area contributed by atoms with Gasteiger partial charge < -0.3 is 4.48 Å². The van der Waals surface area contributed by atoms with Gasteiger partial charge in [-0.25, -0.2) is 0 Å². The summed E-state index contributed by atoms with van der Waals surface area (Å²) in [5.74, 6) is 0. The third-order valence-corrected chi connectivity index (χ3v) is 3.94. The number of hydrogen-bond acceptors (Lipinski definition) is 0. The van der Waals surface area contributed by atoms with Gasteiger partial charge in [0.05, 0.1) is 26.2 Å². The van der Waals surface area contributed by atoms with Crippen LogP contribution >= 0.6 is 25.4 Å². The van der Waals surface area contributed by atoms with Gasteiger partial charge >= 0.3 is 42.1 Å². The first kappa shape index (κ1) is 23.9. The van der Waals surface area contributed by atoms with Crippen molar-refractivity contribution in [1.82, 2.24) is 0 Å². The maximum absolute atomic E-state index is 3.17. The van der Waals surface area contributed by atoms with E-state index in [2.05, 4.69) is 53.1 Å². The van der Waals surface area contributed by atoms with Gasteiger partial charge in [0.1, 0.15) is 0 Å². The minimum atomic E-state index is 0.215. The predicted molar refractivity (Wildman–Crippen MR) is 97.2 cm³/mol. The van der Waals surface area contributed by atoms with Crippen molar-refractivity contribution >= 4 is 25.4 Å². The fourth-order valence-electron chi connectivity index (χ4n) is 2.64. The molecule has 126 valence electrons. The molecule has 0 aliphatic rings. The average molecular weight is 529 g/mol. The molecule has 0 aromatic carbocycles. The quantitative estimate of drug-likeness (QED) is 0.268. The van der Waals surface area contributed by atoms with E-state index in [9.17, 15) is 0 Å². The van der Waals surface area contributed by atoms with Crippen LogP contribution in [0.15, 0.2) is 0 Å². The normalized spacial score (nSPS) is 11.3. The fraction of sp³-hybridized carbons (Fsp3) is 1.00. The maximum Gasteiger partial charge on any atom is 0.0786 e. The molecule has 20 heavy (non-hydrogen) atoms. The smallest absolute Gasteiger partial charge is 0.0786 e. The first-order valence-corrected chi connectivity index (χ1v) is 18.1. The van der Waals surface area contributed by atoms with Gasteiger partial charge in [-0.15, -0.1) is 0 Å². The van der Waals surface area contributed by atoms with Crippen LogP contribution in [0.3, 0.4) is 0 Å². The molecule has 0 saturated carbocycles. The standard InChI is InChI=1S/C16H36N.Br2I/c1-5-9-13-17(14-10-6-2,15-11-7-3)16-12-8-4;1-3-2/h5-16H2,1-4H3;/q+1;-1. The molecule has 0 fully saturated rings. The van der Waals surface area contributed by atoms with E-state index in [0.29, 0.717) is 0 Å². The van der Waals surface area contributed by atoms with Crippen molar-refractivity contribution in [1.29, 1.82) is 0 Å². The van der Waals surface area contributed by atoms with Crippen molar-refractivity contribution in [2.45, 2.75) is 79.1 Å². The van der Waals surface area contributed by atoms with E-state index in [4.69, 9.17) is 0 Å². The molecule has 0 aliphatic carbocycles. The van der Waals surface area contributed by atoms with Crippen LogP contribution in [0.25, 0.3) is 0 Å². The Bertz CT molecular complexity index is 142. The Kier molecular flexibility index (Phi) is 22.4. The molecule has 0 atom stereocenters. The molecular weight excluding hydrogens is 493 g/mol. The van der Waals surface area contributed by atoms with Crippen LogP contribution in [-0.4, -0.2) is 30.7 Å². The van der Waals surface area contributed by atoms with Gasteiger partial charge in [-0.2, -0.15) is 0 Å². The van der Waals surface area contributed by atoms with Crippen molar-refractivity contribution in [2.75, 3.05) is 26.2 Å². The Morgan fingerprint density at radius 2 is 0.800 bits per heavy atom. The summed E-state index contributed by atoms with van der Waals surface area (Å²) in [6.45, 7) is 15.0. The van der Waals surface area contributed by atoms with Crippen molar-refractivity contribution in [3.8, 4) is 0 Å². The Labute approximate surface area is 151 Å². The molecule has 0 amide bonds. The summed E-state index contributed by atoms with van der Waals surface area (Å²) in [5.41, 5.74) is 0. The molecule has 0 saturated heterocycles. The summed E-state index contributed by atoms with van der Waals surface area (Å²) in [6, 6.07) is 0. The summed E-state index contributed by atoms with van der Waals surface area (Å²) in [7, 11) is 0. The maximum atomic E-state index is 3.17. The number of hydrogen-bond donors (Lipinski definition) is 0. The van der Waals surface area contributed by atoms with Crippen LogP contribution in [0, 0.1) is 0 Å². The van der Waals surface area contributed by atoms with Crippen LogP contribution in [0.5, 0.6) is 0 Å². The number of halogens is 3. The summed E-state index contributed by atoms with van der Waals surface area (Å²) in [4.78, 5) is 0. The monoisotopic (exact) mass is 527 g/mol. The van der Waals surface area contributed by atoms with Crippen molar-refractivity contribution < 1.29 is 21.2 Å². The molecule has 0 spiro atoms. The molecule has 0 heterocycles. The van der Waals surface area contributed by atoms with Gasteiger partial charge in [-0.1, -0.05) is 53.4 Å². The first-order valence-electron chi connectivity index (χ1n) is 8.38. The summed E-state index contributed by atoms with van der Waals surface area (Å²) in [6.07, 6.45) is 11.1. The Hall–Kier alpha value is 1.65. The van der Waals surface area contributed by atoms with E-state index in [1.165, 1.54) is 82.0 Å². The molecule has 0 aromatic heterocycles. The van der Waals surface area contributed by atoms with Crippen molar-refractivity contribution in [3.63, 3.8) is 0 Å². The van der Waals surface area contributed by atoms with Gasteiger partial charge in [0.2, 0.25) is 0 Å². The fourth-order valence-corrected chi connectivity index (χ4v) is 2.64. The van der Waals surface area contributed by atoms with Crippen LogP contribution < -0.4 is 16.8 Å². The molecule has 1 nitrogen and oxygen atoms in total. The second-order valence-corrected chi connectivity index (χ2v) is 15.4. The Morgan fingerprint density at radius 1 is 0.600 bits per heavy atom. The molecule has 0 N–H and O–H groups in total. The van der Waals surface area contributed by atoms with Gasteiger partial charge in [-0.05, 0) is 25.7 Å². The molecular formula is C16H36Br2IN. The van der Waals surface area contributed by atoms with Crippen LogP contribution in [-0.2, 0) is 0 Å². The molecule has 0 aromatic rings. The van der Waals surface area contributed by atoms with E-state index >= 15 is 0 Å². The second-order valence-electron chi connectivity index (χ2n) is 5.70. The van der Waals surface area contributed by atoms with Crippen LogP contribution in [0.2, 0.25) is 0 Å². The number of unbranched alkanes of at least 4 members (excludes halogenated alkanes) is 4. The Morgan fingerprint density at radius 3 is 0.950 bits per heavy atom. The first-order chi connectivity index (χ1) is 9.66. The number of rotatable bonds is 12. The Balaban J connectivity index is 0. The summed E-state index contributed by atoms with van der Waals surface area (Å²) >= 11 is 6.56. The zero-order valence-electron chi connectivity index (χ0n) is 14.1. The van der Waals surface area contributed by atoms with Gasteiger partial charge in [0.15, 0.2) is 0 Å². The van der Waals surface area contributed by atoms with Crippen molar-refractivity contribution in [2.24, 2.45) is 0 Å². The second kappa shape index (κ2) is 18.7. The summed E-state index contributed by atoms with van der Waals surface area (Å²) < 4.78 is 1.42. The summed E-state index contributed by atoms with van der Waals surface area (Å²) in [5, 5.41) is 0. The SMILES string of the molecule is Br[I-]Br.CCCC[N+](CCCC)(CCCC)CCCC. The minimum Gasteiger partial charge on any atom is -0.324 e. The topological polar surface area (TPSA) is 0 Å². The van der Waals surface area contributed by atoms with Crippen molar-refractivity contribution in [3.05, 3.63) is 0 Å². The zero-order chi connectivity index (χ0) is 15.7. The van der Waals surface area contributed by atoms with Gasteiger partial charge in [-0.3, -0.25) is 0 Å². The van der Waals surface area contributed by atoms with Gasteiger partial charge in [0.25, 0.3) is 0 Å². The van der Waals surface area contributed by atoms with E-state index in [1.807, 2.05) is 0 Å². The van der Waals surface area contributed by atoms with Crippen LogP contribution in [0.1, 0.15) is 79.1 Å². The molecule has 0 aliphatic heterocycles. The average Bonchev–Trinajstić information content (AvgIpc) is 2.46. The molecule has 0 radical (unpaired) electrons. The van der Waals surface area contributed by atoms with E-state index in [0.717, 1.165) is 0 Å². The predicted octanol–water partition coefficient (Wildman–Crippen LogP) is 3.70. The zero-order valence-corrected chi connectivity index (χ0v) is 19.4. The van der Waals surface area contributed by atoms with E-state index < -0.39 is 0 Å². The number of quaternary nitrogens is 1. The minimum absolute atomic E-state index is 0.215. The number of nitrogens with zero attached hydrogens (tertiary/aromatic N) is 1. The largest absolute Gasteiger partial charge is 0.324 e. The van der Waals surface area contributed by atoms with E-state index in [-0.39, 0.29) is 16.8 Å². The molecule has 0 rings (SSSR count). The third kappa shape index (κ3) is 14.6. The van der Waals surface area contributed by atoms with E-state index in [1.54, 1.807) is 0 Å². The van der Waals surface area contributed by atoms with Gasteiger partial charge in [0, 0.05) is 0 Å². The third-order valence-electron chi connectivity index (χ3n) is 3.94. The van der Waals surface area contributed by atoms with Crippen LogP contribution in [0.4, 0.5) is 0 Å². The molecule has 4 heteroatoms. The molecule has 0 bridgehead atoms. The molecule has 0 unspecified atom stereocenters.